The van der Waals surface area contributed by atoms with Crippen LogP contribution in [0.15, 0.2) is 24.3 Å². The fraction of sp³-hybridized carbons (Fsp3) is 0.438. The van der Waals surface area contributed by atoms with Gasteiger partial charge in [-0.15, -0.1) is 0 Å². The topological polar surface area (TPSA) is 80.3 Å². The van der Waals surface area contributed by atoms with Crippen LogP contribution in [0.2, 0.25) is 0 Å². The van der Waals surface area contributed by atoms with Crippen LogP contribution < -0.4 is 4.74 Å². The zero-order valence-corrected chi connectivity index (χ0v) is 12.9. The van der Waals surface area contributed by atoms with Gasteiger partial charge in [0.25, 0.3) is 5.91 Å². The molecule has 2 aromatic rings. The number of hydrogen-bond donors (Lipinski definition) is 1. The van der Waals surface area contributed by atoms with Crippen LogP contribution in [0.1, 0.15) is 23.3 Å². The molecule has 4 rings (SSSR count). The molecule has 1 fully saturated rings. The van der Waals surface area contributed by atoms with E-state index in [0.29, 0.717) is 31.9 Å². The second kappa shape index (κ2) is 5.66. The number of para-hydroxylation sites is 1. The minimum absolute atomic E-state index is 0.00163. The molecule has 1 saturated heterocycles. The van der Waals surface area contributed by atoms with Gasteiger partial charge in [-0.25, -0.2) is 4.98 Å². The number of nitrogens with one attached hydrogen (secondary N) is 1. The maximum Gasteiger partial charge on any atom is 0.264 e. The molecule has 2 unspecified atom stereocenters. The molecule has 1 aromatic heterocycles. The second-order valence-corrected chi connectivity index (χ2v) is 5.84. The van der Waals surface area contributed by atoms with Crippen molar-refractivity contribution in [3.05, 3.63) is 41.5 Å². The number of rotatable bonds is 2. The number of hydrogen-bond acceptors (Lipinski definition) is 5. The Hall–Kier alpha value is -2.41. The minimum atomic E-state index is -0.444. The van der Waals surface area contributed by atoms with Crippen molar-refractivity contribution in [3.63, 3.8) is 0 Å². The Morgan fingerprint density at radius 2 is 2.26 bits per heavy atom. The largest absolute Gasteiger partial charge is 0.480 e. The van der Waals surface area contributed by atoms with E-state index in [1.165, 1.54) is 0 Å². The molecule has 0 aliphatic carbocycles. The molecule has 2 atom stereocenters. The Labute approximate surface area is 133 Å². The van der Waals surface area contributed by atoms with Crippen molar-refractivity contribution >= 4 is 5.91 Å². The Balaban J connectivity index is 1.45. The third-order valence-corrected chi connectivity index (χ3v) is 4.20. The van der Waals surface area contributed by atoms with Crippen LogP contribution in [0.5, 0.6) is 5.75 Å². The van der Waals surface area contributed by atoms with E-state index in [2.05, 4.69) is 15.2 Å². The molecule has 1 amide bonds. The number of aromatic amines is 1. The number of morpholine rings is 1. The molecule has 0 radical (unpaired) electrons. The third-order valence-electron chi connectivity index (χ3n) is 4.20. The summed E-state index contributed by atoms with van der Waals surface area (Å²) in [5.41, 5.74) is 1.08. The number of benzene rings is 1. The zero-order valence-electron chi connectivity index (χ0n) is 12.9. The van der Waals surface area contributed by atoms with E-state index >= 15 is 0 Å². The summed E-state index contributed by atoms with van der Waals surface area (Å²) < 4.78 is 11.5. The predicted octanol–water partition coefficient (Wildman–Crippen LogP) is 1.02. The fourth-order valence-electron chi connectivity index (χ4n) is 3.03. The van der Waals surface area contributed by atoms with Gasteiger partial charge in [0.2, 0.25) is 0 Å². The van der Waals surface area contributed by atoms with Gasteiger partial charge >= 0.3 is 0 Å². The smallest absolute Gasteiger partial charge is 0.264 e. The van der Waals surface area contributed by atoms with Gasteiger partial charge in [0.1, 0.15) is 17.7 Å². The minimum Gasteiger partial charge on any atom is -0.480 e. The standard InChI is InChI=1S/C16H18N4O3/c1-10-17-15(19-18-10)14-9-20(6-7-22-14)16(21)13-8-11-4-2-3-5-12(11)23-13/h2-5,13-14H,6-9H2,1H3,(H,17,18,19). The Bertz CT molecular complexity index is 705. The van der Waals surface area contributed by atoms with E-state index in [-0.39, 0.29) is 12.0 Å². The summed E-state index contributed by atoms with van der Waals surface area (Å²) >= 11 is 0. The lowest BCUT2D eigenvalue weighted by atomic mass is 10.1. The first-order chi connectivity index (χ1) is 11.2. The summed E-state index contributed by atoms with van der Waals surface area (Å²) in [4.78, 5) is 18.8. The molecular weight excluding hydrogens is 296 g/mol. The number of H-pyrrole nitrogens is 1. The van der Waals surface area contributed by atoms with E-state index in [9.17, 15) is 4.79 Å². The van der Waals surface area contributed by atoms with Crippen LogP contribution in [0.3, 0.4) is 0 Å². The molecule has 1 aromatic carbocycles. The number of carbonyl (C=O) groups is 1. The van der Waals surface area contributed by atoms with Crippen LogP contribution in [-0.4, -0.2) is 51.8 Å². The number of amides is 1. The lowest BCUT2D eigenvalue weighted by Crippen LogP contribution is -2.48. The van der Waals surface area contributed by atoms with E-state index < -0.39 is 6.10 Å². The summed E-state index contributed by atoms with van der Waals surface area (Å²) in [6.07, 6.45) is -0.113. The first kappa shape index (κ1) is 14.2. The molecule has 7 nitrogen and oxygen atoms in total. The van der Waals surface area contributed by atoms with Gasteiger partial charge in [0.15, 0.2) is 11.9 Å². The fourth-order valence-corrected chi connectivity index (χ4v) is 3.03. The maximum absolute atomic E-state index is 12.7. The van der Waals surface area contributed by atoms with Crippen molar-refractivity contribution in [1.82, 2.24) is 20.1 Å². The summed E-state index contributed by atoms with van der Waals surface area (Å²) in [6, 6.07) is 7.79. The molecule has 0 saturated carbocycles. The van der Waals surface area contributed by atoms with Crippen molar-refractivity contribution in [2.45, 2.75) is 25.6 Å². The third kappa shape index (κ3) is 2.68. The van der Waals surface area contributed by atoms with E-state index in [4.69, 9.17) is 9.47 Å². The highest BCUT2D eigenvalue weighted by Crippen LogP contribution is 2.30. The molecule has 0 bridgehead atoms. The maximum atomic E-state index is 12.7. The van der Waals surface area contributed by atoms with Gasteiger partial charge in [0.05, 0.1) is 13.2 Å². The predicted molar refractivity (Wildman–Crippen MR) is 81.0 cm³/mol. The number of aryl methyl sites for hydroxylation is 1. The molecule has 2 aliphatic rings. The number of fused-ring (bicyclic) bond motifs is 1. The van der Waals surface area contributed by atoms with Gasteiger partial charge in [-0.1, -0.05) is 18.2 Å². The lowest BCUT2D eigenvalue weighted by Gasteiger charge is -2.32. The van der Waals surface area contributed by atoms with Gasteiger partial charge in [-0.2, -0.15) is 5.10 Å². The van der Waals surface area contributed by atoms with Gasteiger partial charge in [-0.3, -0.25) is 9.89 Å². The van der Waals surface area contributed by atoms with Crippen LogP contribution in [0, 0.1) is 6.92 Å². The van der Waals surface area contributed by atoms with Crippen molar-refractivity contribution in [2.24, 2.45) is 0 Å². The highest BCUT2D eigenvalue weighted by Gasteiger charge is 2.35. The van der Waals surface area contributed by atoms with Crippen LogP contribution in [-0.2, 0) is 16.0 Å². The monoisotopic (exact) mass is 314 g/mol. The Morgan fingerprint density at radius 3 is 3.04 bits per heavy atom. The first-order valence-electron chi connectivity index (χ1n) is 7.74. The van der Waals surface area contributed by atoms with Crippen molar-refractivity contribution in [1.29, 1.82) is 0 Å². The van der Waals surface area contributed by atoms with E-state index in [0.717, 1.165) is 17.1 Å². The Kier molecular flexibility index (Phi) is 3.49. The van der Waals surface area contributed by atoms with Crippen molar-refractivity contribution in [3.8, 4) is 5.75 Å². The highest BCUT2D eigenvalue weighted by molar-refractivity contribution is 5.82. The highest BCUT2D eigenvalue weighted by atomic mass is 16.5. The molecular formula is C16H18N4O3. The summed E-state index contributed by atoms with van der Waals surface area (Å²) in [6.45, 7) is 3.33. The molecule has 7 heteroatoms. The number of ether oxygens (including phenoxy) is 2. The molecule has 3 heterocycles. The van der Waals surface area contributed by atoms with Crippen LogP contribution in [0.25, 0.3) is 0 Å². The van der Waals surface area contributed by atoms with E-state index in [1.54, 1.807) is 4.90 Å². The van der Waals surface area contributed by atoms with Crippen molar-refractivity contribution in [2.75, 3.05) is 19.7 Å². The lowest BCUT2D eigenvalue weighted by molar-refractivity contribution is -0.146. The second-order valence-electron chi connectivity index (χ2n) is 5.84. The van der Waals surface area contributed by atoms with Crippen molar-refractivity contribution < 1.29 is 14.3 Å². The number of carbonyl (C=O) groups excluding carboxylic acids is 1. The average molecular weight is 314 g/mol. The van der Waals surface area contributed by atoms with Crippen LogP contribution in [0.4, 0.5) is 0 Å². The quantitative estimate of drug-likeness (QED) is 0.895. The number of aromatic nitrogens is 3. The zero-order chi connectivity index (χ0) is 15.8. The van der Waals surface area contributed by atoms with Gasteiger partial charge in [0, 0.05) is 13.0 Å². The molecule has 23 heavy (non-hydrogen) atoms. The normalized spacial score (nSPS) is 23.4. The van der Waals surface area contributed by atoms with Gasteiger partial charge in [-0.05, 0) is 18.6 Å². The molecule has 1 N–H and O–H groups in total. The molecule has 0 spiro atoms. The summed E-state index contributed by atoms with van der Waals surface area (Å²) in [5.74, 6) is 2.14. The summed E-state index contributed by atoms with van der Waals surface area (Å²) in [5, 5.41) is 6.94. The summed E-state index contributed by atoms with van der Waals surface area (Å²) in [7, 11) is 0. The van der Waals surface area contributed by atoms with E-state index in [1.807, 2.05) is 31.2 Å². The SMILES string of the molecule is Cc1nc(C2CN(C(=O)C3Cc4ccccc4O3)CCO2)n[nH]1. The van der Waals surface area contributed by atoms with Crippen LogP contribution >= 0.6 is 0 Å². The molecule has 2 aliphatic heterocycles. The average Bonchev–Trinajstić information content (AvgIpc) is 3.20. The molecule has 120 valence electrons. The number of nitrogens with zero attached hydrogens (tertiary/aromatic N) is 3. The van der Waals surface area contributed by atoms with Gasteiger partial charge < -0.3 is 14.4 Å². The Morgan fingerprint density at radius 1 is 1.39 bits per heavy atom. The first-order valence-corrected chi connectivity index (χ1v) is 7.74.